The maximum absolute atomic E-state index is 14.1. The van der Waals surface area contributed by atoms with E-state index < -0.39 is 11.5 Å². The Labute approximate surface area is 238 Å². The van der Waals surface area contributed by atoms with Gasteiger partial charge in [-0.1, -0.05) is 12.1 Å². The Morgan fingerprint density at radius 2 is 1.78 bits per heavy atom. The maximum Gasteiger partial charge on any atom is 0.343 e. The number of aromatic nitrogens is 1. The van der Waals surface area contributed by atoms with E-state index in [1.807, 2.05) is 39.0 Å². The molecule has 2 N–H and O–H groups in total. The van der Waals surface area contributed by atoms with Gasteiger partial charge in [0.05, 0.1) is 24.0 Å². The molecule has 0 unspecified atom stereocenters. The first-order valence-electron chi connectivity index (χ1n) is 13.1. The molecule has 9 heteroatoms. The standard InChI is InChI=1S/C32H31FN4O4/c1-19-6-7-21(33)16-27(19)35-18-25-23(10-11-26-29(25)37(4)31(39)32(2,3)36-26)24-9-8-22(17-28(24)40-5)41-30(38)20-12-14-34-15-13-20/h6-17,35-36H,18H2,1-5H3. The van der Waals surface area contributed by atoms with Crippen LogP contribution in [0, 0.1) is 12.7 Å². The molecule has 0 radical (unpaired) electrons. The molecule has 1 amide bonds. The fourth-order valence-electron chi connectivity index (χ4n) is 5.04. The van der Waals surface area contributed by atoms with Crippen LogP contribution in [0.2, 0.25) is 0 Å². The lowest BCUT2D eigenvalue weighted by Crippen LogP contribution is -2.52. The molecule has 3 aromatic carbocycles. The molecule has 5 rings (SSSR count). The largest absolute Gasteiger partial charge is 0.496 e. The molecule has 1 aromatic heterocycles. The number of hydrogen-bond donors (Lipinski definition) is 2. The van der Waals surface area contributed by atoms with Crippen LogP contribution in [0.3, 0.4) is 0 Å². The summed E-state index contributed by atoms with van der Waals surface area (Å²) in [4.78, 5) is 31.5. The highest BCUT2D eigenvalue weighted by Crippen LogP contribution is 2.45. The summed E-state index contributed by atoms with van der Waals surface area (Å²) in [5.41, 5.74) is 4.99. The van der Waals surface area contributed by atoms with Gasteiger partial charge in [0.25, 0.3) is 5.91 Å². The second kappa shape index (κ2) is 10.9. The first-order chi connectivity index (χ1) is 19.6. The van der Waals surface area contributed by atoms with E-state index in [0.717, 1.165) is 27.9 Å². The number of carbonyl (C=O) groups excluding carboxylic acids is 2. The number of likely N-dealkylation sites (N-methyl/N-ethyl adjacent to an activating group) is 1. The van der Waals surface area contributed by atoms with Crippen molar-refractivity contribution >= 4 is 28.9 Å². The van der Waals surface area contributed by atoms with Crippen LogP contribution in [0.1, 0.15) is 35.3 Å². The van der Waals surface area contributed by atoms with E-state index in [0.29, 0.717) is 35.0 Å². The summed E-state index contributed by atoms with van der Waals surface area (Å²) in [7, 11) is 3.29. The molecule has 2 heterocycles. The number of nitrogens with one attached hydrogen (secondary N) is 2. The van der Waals surface area contributed by atoms with Gasteiger partial charge in [-0.05, 0) is 74.4 Å². The van der Waals surface area contributed by atoms with Crippen LogP contribution in [-0.4, -0.2) is 36.6 Å². The van der Waals surface area contributed by atoms with Crippen LogP contribution in [0.25, 0.3) is 11.1 Å². The minimum Gasteiger partial charge on any atom is -0.496 e. The smallest absolute Gasteiger partial charge is 0.343 e. The zero-order valence-corrected chi connectivity index (χ0v) is 23.5. The maximum atomic E-state index is 14.1. The lowest BCUT2D eigenvalue weighted by Gasteiger charge is -2.40. The Morgan fingerprint density at radius 1 is 1.05 bits per heavy atom. The molecular weight excluding hydrogens is 523 g/mol. The van der Waals surface area contributed by atoms with Crippen molar-refractivity contribution in [3.8, 4) is 22.6 Å². The molecule has 4 aromatic rings. The van der Waals surface area contributed by atoms with Gasteiger partial charge < -0.3 is 25.0 Å². The number of carbonyl (C=O) groups is 2. The molecule has 1 aliphatic heterocycles. The van der Waals surface area contributed by atoms with Crippen LogP contribution in [0.4, 0.5) is 21.5 Å². The highest BCUT2D eigenvalue weighted by Gasteiger charge is 2.38. The molecule has 0 aliphatic carbocycles. The molecule has 0 saturated heterocycles. The number of halogens is 1. The van der Waals surface area contributed by atoms with Crippen LogP contribution in [0.15, 0.2) is 73.1 Å². The van der Waals surface area contributed by atoms with Gasteiger partial charge in [-0.2, -0.15) is 0 Å². The number of anilines is 3. The Balaban J connectivity index is 1.58. The number of rotatable bonds is 7. The van der Waals surface area contributed by atoms with E-state index in [2.05, 4.69) is 15.6 Å². The fraction of sp³-hybridized carbons (Fsp3) is 0.219. The number of aryl methyl sites for hydroxylation is 1. The SMILES string of the molecule is COc1cc(OC(=O)c2ccncc2)ccc1-c1ccc2c(c1CNc1cc(F)ccc1C)N(C)C(=O)C(C)(C)N2. The lowest BCUT2D eigenvalue weighted by atomic mass is 9.91. The number of fused-ring (bicyclic) bond motifs is 1. The van der Waals surface area contributed by atoms with E-state index in [-0.39, 0.29) is 11.7 Å². The summed E-state index contributed by atoms with van der Waals surface area (Å²) in [6, 6.07) is 16.8. The highest BCUT2D eigenvalue weighted by atomic mass is 19.1. The van der Waals surface area contributed by atoms with Crippen LogP contribution >= 0.6 is 0 Å². The van der Waals surface area contributed by atoms with Crippen LogP contribution < -0.4 is 25.0 Å². The lowest BCUT2D eigenvalue weighted by molar-refractivity contribution is -0.121. The summed E-state index contributed by atoms with van der Waals surface area (Å²) in [5.74, 6) is -0.152. The summed E-state index contributed by atoms with van der Waals surface area (Å²) in [6.07, 6.45) is 3.05. The monoisotopic (exact) mass is 554 g/mol. The number of ether oxygens (including phenoxy) is 2. The van der Waals surface area contributed by atoms with Gasteiger partial charge in [-0.25, -0.2) is 9.18 Å². The predicted octanol–water partition coefficient (Wildman–Crippen LogP) is 6.20. The number of pyridine rings is 1. The first kappa shape index (κ1) is 27.6. The van der Waals surface area contributed by atoms with Gasteiger partial charge in [-0.15, -0.1) is 0 Å². The van der Waals surface area contributed by atoms with Crippen molar-refractivity contribution in [3.05, 3.63) is 95.6 Å². The molecule has 8 nitrogen and oxygen atoms in total. The summed E-state index contributed by atoms with van der Waals surface area (Å²) in [6.45, 7) is 5.87. The van der Waals surface area contributed by atoms with Crippen molar-refractivity contribution in [1.82, 2.24) is 4.98 Å². The quantitative estimate of drug-likeness (QED) is 0.207. The van der Waals surface area contributed by atoms with Gasteiger partial charge in [-0.3, -0.25) is 9.78 Å². The summed E-state index contributed by atoms with van der Waals surface area (Å²) in [5, 5.41) is 6.72. The topological polar surface area (TPSA) is 92.8 Å². The van der Waals surface area contributed by atoms with Gasteiger partial charge in [0.2, 0.25) is 0 Å². The number of amides is 1. The fourth-order valence-corrected chi connectivity index (χ4v) is 5.04. The van der Waals surface area contributed by atoms with Gasteiger partial charge in [0.1, 0.15) is 22.9 Å². The summed E-state index contributed by atoms with van der Waals surface area (Å²) >= 11 is 0. The molecule has 210 valence electrons. The number of esters is 1. The van der Waals surface area contributed by atoms with Crippen molar-refractivity contribution in [2.75, 3.05) is 29.7 Å². The van der Waals surface area contributed by atoms with Crippen molar-refractivity contribution in [2.24, 2.45) is 0 Å². The van der Waals surface area contributed by atoms with Gasteiger partial charge in [0.15, 0.2) is 0 Å². The van der Waals surface area contributed by atoms with Crippen molar-refractivity contribution in [2.45, 2.75) is 32.9 Å². The second-order valence-electron chi connectivity index (χ2n) is 10.4. The second-order valence-corrected chi connectivity index (χ2v) is 10.4. The van der Waals surface area contributed by atoms with E-state index in [9.17, 15) is 14.0 Å². The van der Waals surface area contributed by atoms with Crippen molar-refractivity contribution in [1.29, 1.82) is 0 Å². The molecule has 0 spiro atoms. The molecule has 1 aliphatic rings. The van der Waals surface area contributed by atoms with E-state index in [1.165, 1.54) is 24.5 Å². The van der Waals surface area contributed by atoms with Crippen LogP contribution in [-0.2, 0) is 11.3 Å². The average Bonchev–Trinajstić information content (AvgIpc) is 2.96. The third-order valence-corrected chi connectivity index (χ3v) is 7.15. The molecule has 0 fully saturated rings. The Bertz CT molecular complexity index is 1640. The highest BCUT2D eigenvalue weighted by molar-refractivity contribution is 6.09. The Morgan fingerprint density at radius 3 is 2.51 bits per heavy atom. The average molecular weight is 555 g/mol. The van der Waals surface area contributed by atoms with E-state index in [4.69, 9.17) is 9.47 Å². The van der Waals surface area contributed by atoms with Gasteiger partial charge >= 0.3 is 5.97 Å². The predicted molar refractivity (Wildman–Crippen MR) is 157 cm³/mol. The number of benzene rings is 3. The van der Waals surface area contributed by atoms with Crippen molar-refractivity contribution < 1.29 is 23.5 Å². The van der Waals surface area contributed by atoms with E-state index in [1.54, 1.807) is 49.4 Å². The molecule has 0 atom stereocenters. The Hall–Kier alpha value is -4.92. The first-order valence-corrected chi connectivity index (χ1v) is 13.1. The zero-order valence-electron chi connectivity index (χ0n) is 23.5. The minimum atomic E-state index is -0.787. The normalized spacial score (nSPS) is 13.7. The number of nitrogens with zero attached hydrogens (tertiary/aromatic N) is 2. The molecular formula is C32H31FN4O4. The zero-order chi connectivity index (χ0) is 29.3. The van der Waals surface area contributed by atoms with Gasteiger partial charge in [0, 0.05) is 48.9 Å². The Kier molecular flexibility index (Phi) is 7.36. The van der Waals surface area contributed by atoms with Crippen LogP contribution in [0.5, 0.6) is 11.5 Å². The number of hydrogen-bond acceptors (Lipinski definition) is 7. The third-order valence-electron chi connectivity index (χ3n) is 7.15. The molecule has 0 bridgehead atoms. The minimum absolute atomic E-state index is 0.0873. The molecule has 41 heavy (non-hydrogen) atoms. The molecule has 0 saturated carbocycles. The summed E-state index contributed by atoms with van der Waals surface area (Å²) < 4.78 is 25.4. The number of methoxy groups -OCH3 is 1. The third kappa shape index (κ3) is 5.43. The van der Waals surface area contributed by atoms with Crippen molar-refractivity contribution in [3.63, 3.8) is 0 Å². The van der Waals surface area contributed by atoms with E-state index >= 15 is 0 Å².